The van der Waals surface area contributed by atoms with Crippen LogP contribution in [-0.2, 0) is 4.79 Å². The maximum atomic E-state index is 13.9. The number of nitrogens with one attached hydrogen (secondary N) is 1. The van der Waals surface area contributed by atoms with Crippen LogP contribution in [0.5, 0.6) is 0 Å². The molecule has 7 nitrogen and oxygen atoms in total. The second kappa shape index (κ2) is 5.62. The number of carbonyl (C=O) groups excluding carboxylic acids is 1. The van der Waals surface area contributed by atoms with Crippen molar-refractivity contribution < 1.29 is 19.1 Å². The summed E-state index contributed by atoms with van der Waals surface area (Å²) in [6.45, 7) is 0.0273. The van der Waals surface area contributed by atoms with Gasteiger partial charge in [-0.05, 0) is 25.0 Å². The topological polar surface area (TPSA) is 97.1 Å². The third-order valence-corrected chi connectivity index (χ3v) is 4.09. The molecule has 0 atom stereocenters. The number of nitrogens with zero attached hydrogens (tertiary/aromatic N) is 3. The van der Waals surface area contributed by atoms with Gasteiger partial charge in [-0.1, -0.05) is 22.9 Å². The van der Waals surface area contributed by atoms with Gasteiger partial charge >= 0.3 is 5.97 Å². The number of hydrogen-bond acceptors (Lipinski definition) is 4. The molecule has 1 aliphatic carbocycles. The molecule has 0 saturated heterocycles. The minimum Gasteiger partial charge on any atom is -0.481 e. The molecular weight excluding hydrogens is 327 g/mol. The predicted octanol–water partition coefficient (Wildman–Crippen LogP) is 1.65. The number of carbonyl (C=O) groups is 2. The summed E-state index contributed by atoms with van der Waals surface area (Å²) >= 11 is 5.70. The van der Waals surface area contributed by atoms with Crippen LogP contribution in [0.3, 0.4) is 0 Å². The minimum atomic E-state index is -0.928. The van der Waals surface area contributed by atoms with Crippen LogP contribution in [0.25, 0.3) is 5.69 Å². The zero-order valence-electron chi connectivity index (χ0n) is 11.8. The van der Waals surface area contributed by atoms with Crippen molar-refractivity contribution in [1.82, 2.24) is 20.3 Å². The summed E-state index contributed by atoms with van der Waals surface area (Å²) < 4.78 is 15.0. The van der Waals surface area contributed by atoms with E-state index in [1.807, 2.05) is 0 Å². The largest absolute Gasteiger partial charge is 0.481 e. The van der Waals surface area contributed by atoms with Crippen LogP contribution in [0.15, 0.2) is 24.4 Å². The molecule has 2 aromatic rings. The average Bonchev–Trinajstić information content (AvgIpc) is 3.17. The van der Waals surface area contributed by atoms with E-state index in [4.69, 9.17) is 16.7 Å². The molecule has 1 fully saturated rings. The minimum absolute atomic E-state index is 0.0273. The first-order valence-electron chi connectivity index (χ1n) is 6.81. The Kier molecular flexibility index (Phi) is 3.77. The van der Waals surface area contributed by atoms with Gasteiger partial charge in [-0.15, -0.1) is 5.10 Å². The van der Waals surface area contributed by atoms with Crippen LogP contribution in [0, 0.1) is 11.2 Å². The van der Waals surface area contributed by atoms with Crippen LogP contribution in [0.4, 0.5) is 4.39 Å². The van der Waals surface area contributed by atoms with Gasteiger partial charge in [0, 0.05) is 6.54 Å². The Labute approximate surface area is 135 Å². The fourth-order valence-electron chi connectivity index (χ4n) is 2.11. The predicted molar refractivity (Wildman–Crippen MR) is 78.0 cm³/mol. The smallest absolute Gasteiger partial charge is 0.311 e. The molecule has 1 heterocycles. The molecule has 0 radical (unpaired) electrons. The molecule has 3 rings (SSSR count). The van der Waals surface area contributed by atoms with E-state index in [1.54, 1.807) is 6.07 Å². The monoisotopic (exact) mass is 338 g/mol. The van der Waals surface area contributed by atoms with Crippen molar-refractivity contribution in [2.45, 2.75) is 12.8 Å². The number of amides is 1. The van der Waals surface area contributed by atoms with Gasteiger partial charge in [0.2, 0.25) is 0 Å². The number of carboxylic acid groups (broad SMARTS) is 1. The fourth-order valence-corrected chi connectivity index (χ4v) is 2.28. The van der Waals surface area contributed by atoms with Crippen LogP contribution >= 0.6 is 11.6 Å². The molecule has 23 heavy (non-hydrogen) atoms. The van der Waals surface area contributed by atoms with Gasteiger partial charge in [-0.3, -0.25) is 9.59 Å². The maximum Gasteiger partial charge on any atom is 0.311 e. The summed E-state index contributed by atoms with van der Waals surface area (Å²) in [7, 11) is 0. The highest BCUT2D eigenvalue weighted by atomic mass is 35.5. The second-order valence-corrected chi connectivity index (χ2v) is 5.80. The Morgan fingerprint density at radius 3 is 2.83 bits per heavy atom. The number of aliphatic carboxylic acids is 1. The average molecular weight is 339 g/mol. The lowest BCUT2D eigenvalue weighted by Crippen LogP contribution is -2.34. The van der Waals surface area contributed by atoms with E-state index in [0.29, 0.717) is 12.8 Å². The van der Waals surface area contributed by atoms with E-state index in [2.05, 4.69) is 15.6 Å². The van der Waals surface area contributed by atoms with Crippen molar-refractivity contribution in [2.24, 2.45) is 5.41 Å². The third-order valence-electron chi connectivity index (χ3n) is 3.80. The molecule has 120 valence electrons. The summed E-state index contributed by atoms with van der Waals surface area (Å²) in [6.07, 6.45) is 2.32. The normalized spacial score (nSPS) is 15.2. The Bertz CT molecular complexity index is 788. The van der Waals surface area contributed by atoms with Crippen molar-refractivity contribution in [1.29, 1.82) is 0 Å². The quantitative estimate of drug-likeness (QED) is 0.864. The van der Waals surface area contributed by atoms with Crippen molar-refractivity contribution in [2.75, 3.05) is 6.54 Å². The maximum absolute atomic E-state index is 13.9. The van der Waals surface area contributed by atoms with Crippen molar-refractivity contribution in [3.8, 4) is 5.69 Å². The molecular formula is C14H12ClFN4O3. The fraction of sp³-hybridized carbons (Fsp3) is 0.286. The third kappa shape index (κ3) is 2.89. The summed E-state index contributed by atoms with van der Waals surface area (Å²) in [4.78, 5) is 23.1. The molecule has 0 unspecified atom stereocenters. The molecule has 1 amide bonds. The van der Waals surface area contributed by atoms with Crippen LogP contribution in [0.2, 0.25) is 5.02 Å². The molecule has 0 spiro atoms. The lowest BCUT2D eigenvalue weighted by atomic mass is 10.1. The summed E-state index contributed by atoms with van der Waals surface area (Å²) in [5.41, 5.74) is -0.844. The number of aromatic nitrogens is 3. The van der Waals surface area contributed by atoms with E-state index in [9.17, 15) is 14.0 Å². The Balaban J connectivity index is 1.73. The summed E-state index contributed by atoms with van der Waals surface area (Å²) in [6, 6.07) is 4.39. The molecule has 1 saturated carbocycles. The first kappa shape index (κ1) is 15.4. The van der Waals surface area contributed by atoms with E-state index in [-0.39, 0.29) is 22.9 Å². The number of rotatable bonds is 5. The van der Waals surface area contributed by atoms with Crippen LogP contribution < -0.4 is 5.32 Å². The summed E-state index contributed by atoms with van der Waals surface area (Å²) in [5, 5.41) is 18.9. The Morgan fingerprint density at radius 1 is 1.43 bits per heavy atom. The van der Waals surface area contributed by atoms with Gasteiger partial charge in [0.05, 0.1) is 16.6 Å². The molecule has 9 heteroatoms. The SMILES string of the molecule is O=C(NCC1(C(=O)O)CC1)c1cn(-c2cccc(Cl)c2F)nn1. The van der Waals surface area contributed by atoms with Gasteiger partial charge in [0.25, 0.3) is 5.91 Å². The first-order chi connectivity index (χ1) is 10.9. The van der Waals surface area contributed by atoms with Gasteiger partial charge < -0.3 is 10.4 Å². The Morgan fingerprint density at radius 2 is 2.17 bits per heavy atom. The van der Waals surface area contributed by atoms with Gasteiger partial charge in [-0.25, -0.2) is 9.07 Å². The number of hydrogen-bond donors (Lipinski definition) is 2. The summed E-state index contributed by atoms with van der Waals surface area (Å²) in [5.74, 6) is -2.16. The lowest BCUT2D eigenvalue weighted by molar-refractivity contribution is -0.143. The van der Waals surface area contributed by atoms with Crippen molar-refractivity contribution >= 4 is 23.5 Å². The molecule has 0 bridgehead atoms. The van der Waals surface area contributed by atoms with E-state index in [1.165, 1.54) is 18.3 Å². The standard InChI is InChI=1S/C14H12ClFN4O3/c15-8-2-1-3-10(11(8)16)20-6-9(18-19-20)12(21)17-7-14(4-5-14)13(22)23/h1-3,6H,4-5,7H2,(H,17,21)(H,22,23). The zero-order valence-corrected chi connectivity index (χ0v) is 12.5. The van der Waals surface area contributed by atoms with Crippen LogP contribution in [0.1, 0.15) is 23.3 Å². The molecule has 0 aliphatic heterocycles. The molecule has 1 aromatic carbocycles. The first-order valence-corrected chi connectivity index (χ1v) is 7.19. The van der Waals surface area contributed by atoms with Gasteiger partial charge in [0.1, 0.15) is 5.69 Å². The Hall–Kier alpha value is -2.48. The second-order valence-electron chi connectivity index (χ2n) is 5.39. The zero-order chi connectivity index (χ0) is 16.6. The van der Waals surface area contributed by atoms with Crippen molar-refractivity contribution in [3.63, 3.8) is 0 Å². The highest BCUT2D eigenvalue weighted by Crippen LogP contribution is 2.45. The van der Waals surface area contributed by atoms with E-state index >= 15 is 0 Å². The number of benzene rings is 1. The van der Waals surface area contributed by atoms with E-state index < -0.39 is 23.1 Å². The molecule has 1 aliphatic rings. The molecule has 1 aromatic heterocycles. The van der Waals surface area contributed by atoms with Gasteiger partial charge in [-0.2, -0.15) is 0 Å². The highest BCUT2D eigenvalue weighted by Gasteiger charge is 2.50. The molecule has 2 N–H and O–H groups in total. The highest BCUT2D eigenvalue weighted by molar-refractivity contribution is 6.30. The number of carboxylic acids is 1. The lowest BCUT2D eigenvalue weighted by Gasteiger charge is -2.09. The number of halogens is 2. The van der Waals surface area contributed by atoms with Crippen molar-refractivity contribution in [3.05, 3.63) is 40.9 Å². The van der Waals surface area contributed by atoms with Gasteiger partial charge in [0.15, 0.2) is 11.5 Å². The van der Waals surface area contributed by atoms with Crippen LogP contribution in [-0.4, -0.2) is 38.5 Å². The van der Waals surface area contributed by atoms with E-state index in [0.717, 1.165) is 4.68 Å².